The minimum atomic E-state index is -0.395. The van der Waals surface area contributed by atoms with Gasteiger partial charge < -0.3 is 4.74 Å². The topological polar surface area (TPSA) is 102 Å². The first-order valence-electron chi connectivity index (χ1n) is 9.58. The van der Waals surface area contributed by atoms with Crippen molar-refractivity contribution in [3.63, 3.8) is 0 Å². The van der Waals surface area contributed by atoms with Crippen molar-refractivity contribution in [1.29, 1.82) is 0 Å². The number of rotatable bonds is 6. The first kappa shape index (κ1) is 20.4. The molecule has 31 heavy (non-hydrogen) atoms. The summed E-state index contributed by atoms with van der Waals surface area (Å²) in [4.78, 5) is 29.1. The largest absolute Gasteiger partial charge is 0.462 e. The highest BCUT2D eigenvalue weighted by molar-refractivity contribution is 7.12. The van der Waals surface area contributed by atoms with Gasteiger partial charge in [0.2, 0.25) is 5.13 Å². The van der Waals surface area contributed by atoms with Crippen LogP contribution in [0.5, 0.6) is 0 Å². The molecule has 156 valence electrons. The third-order valence-electron chi connectivity index (χ3n) is 4.44. The molecule has 0 aliphatic heterocycles. The summed E-state index contributed by atoms with van der Waals surface area (Å²) in [5, 5.41) is 13.7. The number of aromatic amines is 1. The second kappa shape index (κ2) is 8.88. The molecular weight excluding hydrogens is 414 g/mol. The van der Waals surface area contributed by atoms with Crippen molar-refractivity contribution in [2.24, 2.45) is 10.2 Å². The molecule has 0 saturated carbocycles. The molecule has 2 heterocycles. The van der Waals surface area contributed by atoms with E-state index in [1.165, 1.54) is 16.0 Å². The Bertz CT molecular complexity index is 1290. The first-order valence-corrected chi connectivity index (χ1v) is 10.5. The third-order valence-corrected chi connectivity index (χ3v) is 5.26. The molecule has 0 unspecified atom stereocenters. The van der Waals surface area contributed by atoms with Crippen LogP contribution in [0.25, 0.3) is 16.4 Å². The zero-order chi connectivity index (χ0) is 21.8. The van der Waals surface area contributed by atoms with Crippen molar-refractivity contribution in [3.8, 4) is 16.4 Å². The molecule has 4 aromatic rings. The molecule has 4 rings (SSSR count). The Hall–Kier alpha value is -3.85. The number of ether oxygens (including phenoxy) is 1. The van der Waals surface area contributed by atoms with Crippen molar-refractivity contribution in [1.82, 2.24) is 14.8 Å². The number of hydrogen-bond donors (Lipinski definition) is 1. The minimum Gasteiger partial charge on any atom is -0.462 e. The molecule has 0 fully saturated rings. The maximum Gasteiger partial charge on any atom is 0.338 e. The van der Waals surface area contributed by atoms with Crippen LogP contribution in [0.1, 0.15) is 23.0 Å². The molecule has 0 amide bonds. The molecule has 0 atom stereocenters. The summed E-state index contributed by atoms with van der Waals surface area (Å²) < 4.78 is 6.32. The van der Waals surface area contributed by atoms with Gasteiger partial charge in [-0.1, -0.05) is 30.3 Å². The summed E-state index contributed by atoms with van der Waals surface area (Å²) in [5.74, 6) is -0.395. The SMILES string of the molecule is CCOC(=O)c1ccc(N=Nc2c(C)[nH]n(-c3nc(-c4ccccc4)cs3)c2=O)cc1. The normalized spacial score (nSPS) is 11.2. The Kier molecular flexibility index (Phi) is 5.85. The fourth-order valence-corrected chi connectivity index (χ4v) is 3.68. The van der Waals surface area contributed by atoms with Gasteiger partial charge in [0, 0.05) is 10.9 Å². The number of carbonyl (C=O) groups is 1. The maximum atomic E-state index is 12.9. The Morgan fingerprint density at radius 1 is 1.13 bits per heavy atom. The van der Waals surface area contributed by atoms with E-state index in [0.717, 1.165) is 11.3 Å². The highest BCUT2D eigenvalue weighted by atomic mass is 32.1. The van der Waals surface area contributed by atoms with Gasteiger partial charge in [0.25, 0.3) is 0 Å². The molecule has 0 bridgehead atoms. The monoisotopic (exact) mass is 433 g/mol. The van der Waals surface area contributed by atoms with Crippen LogP contribution in [-0.2, 0) is 4.74 Å². The van der Waals surface area contributed by atoms with Crippen molar-refractivity contribution >= 4 is 28.7 Å². The number of thiazole rings is 1. The number of nitrogens with one attached hydrogen (secondary N) is 1. The molecule has 9 heteroatoms. The Morgan fingerprint density at radius 3 is 2.58 bits per heavy atom. The van der Waals surface area contributed by atoms with Crippen molar-refractivity contribution in [2.75, 3.05) is 6.61 Å². The zero-order valence-electron chi connectivity index (χ0n) is 16.9. The van der Waals surface area contributed by atoms with Gasteiger partial charge in [0.1, 0.15) is 0 Å². The van der Waals surface area contributed by atoms with E-state index >= 15 is 0 Å². The van der Waals surface area contributed by atoms with Crippen LogP contribution >= 0.6 is 11.3 Å². The maximum absolute atomic E-state index is 12.9. The lowest BCUT2D eigenvalue weighted by Crippen LogP contribution is -2.13. The number of nitrogens with zero attached hydrogens (tertiary/aromatic N) is 4. The number of aromatic nitrogens is 3. The summed E-state index contributed by atoms with van der Waals surface area (Å²) in [5.41, 5.74) is 3.16. The molecule has 0 radical (unpaired) electrons. The van der Waals surface area contributed by atoms with Gasteiger partial charge in [-0.15, -0.1) is 16.5 Å². The second-order valence-corrected chi connectivity index (χ2v) is 7.41. The summed E-state index contributed by atoms with van der Waals surface area (Å²) in [6.07, 6.45) is 0. The third kappa shape index (κ3) is 4.36. The number of H-pyrrole nitrogens is 1. The summed E-state index contributed by atoms with van der Waals surface area (Å²) >= 11 is 1.36. The average molecular weight is 433 g/mol. The van der Waals surface area contributed by atoms with Gasteiger partial charge in [0.15, 0.2) is 5.69 Å². The van der Waals surface area contributed by atoms with E-state index in [4.69, 9.17) is 4.74 Å². The number of aryl methyl sites for hydroxylation is 1. The van der Waals surface area contributed by atoms with Gasteiger partial charge in [-0.3, -0.25) is 9.89 Å². The zero-order valence-corrected chi connectivity index (χ0v) is 17.7. The molecule has 8 nitrogen and oxygen atoms in total. The molecule has 0 aliphatic rings. The molecule has 2 aromatic carbocycles. The number of esters is 1. The minimum absolute atomic E-state index is 0.200. The molecule has 0 spiro atoms. The van der Waals surface area contributed by atoms with Crippen LogP contribution in [0.4, 0.5) is 11.4 Å². The lowest BCUT2D eigenvalue weighted by Gasteiger charge is -2.00. The quantitative estimate of drug-likeness (QED) is 0.334. The van der Waals surface area contributed by atoms with Gasteiger partial charge >= 0.3 is 11.5 Å². The van der Waals surface area contributed by atoms with Crippen LogP contribution < -0.4 is 5.56 Å². The van der Waals surface area contributed by atoms with E-state index in [-0.39, 0.29) is 11.2 Å². The number of benzene rings is 2. The Balaban J connectivity index is 1.57. The lowest BCUT2D eigenvalue weighted by molar-refractivity contribution is 0.0526. The van der Waals surface area contributed by atoms with Crippen molar-refractivity contribution in [3.05, 3.63) is 81.6 Å². The van der Waals surface area contributed by atoms with E-state index in [2.05, 4.69) is 20.3 Å². The predicted molar refractivity (Wildman–Crippen MR) is 119 cm³/mol. The fraction of sp³-hybridized carbons (Fsp3) is 0.136. The van der Waals surface area contributed by atoms with Crippen molar-refractivity contribution < 1.29 is 9.53 Å². The van der Waals surface area contributed by atoms with E-state index in [9.17, 15) is 9.59 Å². The second-order valence-electron chi connectivity index (χ2n) is 6.57. The van der Waals surface area contributed by atoms with Crippen LogP contribution in [0.15, 0.2) is 75.0 Å². The van der Waals surface area contributed by atoms with Crippen LogP contribution in [-0.4, -0.2) is 27.3 Å². The first-order chi connectivity index (χ1) is 15.1. The Morgan fingerprint density at radius 2 is 1.87 bits per heavy atom. The van der Waals surface area contributed by atoms with Gasteiger partial charge in [0.05, 0.1) is 29.2 Å². The summed E-state index contributed by atoms with van der Waals surface area (Å²) in [6.45, 7) is 3.81. The Labute approximate surface area is 181 Å². The van der Waals surface area contributed by atoms with Crippen molar-refractivity contribution in [2.45, 2.75) is 13.8 Å². The standard InChI is InChI=1S/C22H19N5O3S/c1-3-30-21(29)16-9-11-17(12-10-16)24-25-19-14(2)26-27(20(19)28)22-23-18(13-31-22)15-7-5-4-6-8-15/h4-13,26H,3H2,1-2H3. The summed E-state index contributed by atoms with van der Waals surface area (Å²) in [7, 11) is 0. The number of azo groups is 1. The molecule has 1 N–H and O–H groups in total. The van der Waals surface area contributed by atoms with E-state index in [1.54, 1.807) is 38.1 Å². The van der Waals surface area contributed by atoms with Gasteiger partial charge in [-0.2, -0.15) is 9.80 Å². The van der Waals surface area contributed by atoms with Gasteiger partial charge in [-0.25, -0.2) is 9.78 Å². The molecule has 0 aliphatic carbocycles. The fourth-order valence-electron chi connectivity index (χ4n) is 2.89. The van der Waals surface area contributed by atoms with Crippen LogP contribution in [0.2, 0.25) is 0 Å². The highest BCUT2D eigenvalue weighted by Gasteiger charge is 2.15. The highest BCUT2D eigenvalue weighted by Crippen LogP contribution is 2.24. The summed E-state index contributed by atoms with van der Waals surface area (Å²) in [6, 6.07) is 16.3. The van der Waals surface area contributed by atoms with E-state index in [1.807, 2.05) is 35.7 Å². The molecule has 0 saturated heterocycles. The van der Waals surface area contributed by atoms with E-state index in [0.29, 0.717) is 28.7 Å². The van der Waals surface area contributed by atoms with Crippen LogP contribution in [0.3, 0.4) is 0 Å². The average Bonchev–Trinajstić information content (AvgIpc) is 3.38. The molecule has 2 aromatic heterocycles. The molecular formula is C22H19N5O3S. The number of carbonyl (C=O) groups excluding carboxylic acids is 1. The van der Waals surface area contributed by atoms with E-state index < -0.39 is 5.97 Å². The number of hydrogen-bond acceptors (Lipinski definition) is 7. The smallest absolute Gasteiger partial charge is 0.338 e. The van der Waals surface area contributed by atoms with Crippen LogP contribution in [0, 0.1) is 6.92 Å². The lowest BCUT2D eigenvalue weighted by atomic mass is 10.2. The van der Waals surface area contributed by atoms with Gasteiger partial charge in [-0.05, 0) is 38.1 Å². The predicted octanol–water partition coefficient (Wildman–Crippen LogP) is 5.19.